The predicted octanol–water partition coefficient (Wildman–Crippen LogP) is 1.73. The lowest BCUT2D eigenvalue weighted by atomic mass is 10.1. The Hall–Kier alpha value is -2.24. The van der Waals surface area contributed by atoms with E-state index >= 15 is 0 Å². The van der Waals surface area contributed by atoms with Gasteiger partial charge in [-0.1, -0.05) is 0 Å². The van der Waals surface area contributed by atoms with E-state index in [4.69, 9.17) is 4.74 Å². The van der Waals surface area contributed by atoms with Gasteiger partial charge < -0.3 is 4.74 Å². The zero-order valence-electron chi connectivity index (χ0n) is 9.50. The van der Waals surface area contributed by atoms with Gasteiger partial charge >= 0.3 is 5.97 Å². The summed E-state index contributed by atoms with van der Waals surface area (Å²) in [5.74, 6) is -0.751. The molecule has 0 radical (unpaired) electrons. The first-order valence-electron chi connectivity index (χ1n) is 5.52. The van der Waals surface area contributed by atoms with E-state index in [1.165, 1.54) is 24.3 Å². The van der Waals surface area contributed by atoms with Crippen LogP contribution in [0.25, 0.3) is 0 Å². The number of benzene rings is 1. The van der Waals surface area contributed by atoms with E-state index in [0.717, 1.165) is 12.8 Å². The highest BCUT2D eigenvalue weighted by molar-refractivity contribution is 5.98. The molecule has 0 heterocycles. The molecule has 1 aliphatic rings. The first kappa shape index (κ1) is 12.2. The Balaban J connectivity index is 1.91. The maximum Gasteiger partial charge on any atom is 0.309 e. The first-order valence-corrected chi connectivity index (χ1v) is 5.52. The summed E-state index contributed by atoms with van der Waals surface area (Å²) in [6, 6.07) is 5.20. The van der Waals surface area contributed by atoms with E-state index in [-0.39, 0.29) is 30.0 Å². The van der Waals surface area contributed by atoms with Gasteiger partial charge in [-0.15, -0.1) is 0 Å². The number of hydrogen-bond acceptors (Lipinski definition) is 5. The zero-order chi connectivity index (χ0) is 13.1. The molecule has 0 aromatic heterocycles. The average molecular weight is 249 g/mol. The van der Waals surface area contributed by atoms with Crippen molar-refractivity contribution in [1.29, 1.82) is 0 Å². The summed E-state index contributed by atoms with van der Waals surface area (Å²) in [7, 11) is 0. The number of carbonyl (C=O) groups is 2. The van der Waals surface area contributed by atoms with E-state index < -0.39 is 4.92 Å². The summed E-state index contributed by atoms with van der Waals surface area (Å²) in [6.45, 7) is -0.312. The van der Waals surface area contributed by atoms with Crippen molar-refractivity contribution in [2.24, 2.45) is 5.92 Å². The fraction of sp³-hybridized carbons (Fsp3) is 0.333. The zero-order valence-corrected chi connectivity index (χ0v) is 9.50. The topological polar surface area (TPSA) is 86.5 Å². The number of hydrogen-bond donors (Lipinski definition) is 0. The van der Waals surface area contributed by atoms with Crippen LogP contribution in [-0.4, -0.2) is 23.3 Å². The monoisotopic (exact) mass is 249 g/mol. The fourth-order valence-electron chi connectivity index (χ4n) is 1.43. The maximum atomic E-state index is 11.6. The highest BCUT2D eigenvalue weighted by Crippen LogP contribution is 2.30. The van der Waals surface area contributed by atoms with Crippen molar-refractivity contribution in [2.75, 3.05) is 6.61 Å². The van der Waals surface area contributed by atoms with Crippen LogP contribution in [-0.2, 0) is 9.53 Å². The van der Waals surface area contributed by atoms with Crippen molar-refractivity contribution in [3.05, 3.63) is 39.9 Å². The lowest BCUT2D eigenvalue weighted by molar-refractivity contribution is -0.384. The molecule has 1 fully saturated rings. The van der Waals surface area contributed by atoms with E-state index in [9.17, 15) is 19.7 Å². The van der Waals surface area contributed by atoms with Crippen molar-refractivity contribution >= 4 is 17.4 Å². The van der Waals surface area contributed by atoms with Crippen LogP contribution in [0, 0.1) is 16.0 Å². The summed E-state index contributed by atoms with van der Waals surface area (Å²) in [4.78, 5) is 32.7. The number of rotatable bonds is 5. The second-order valence-electron chi connectivity index (χ2n) is 4.11. The fourth-order valence-corrected chi connectivity index (χ4v) is 1.43. The Kier molecular flexibility index (Phi) is 3.36. The van der Waals surface area contributed by atoms with E-state index in [0.29, 0.717) is 5.56 Å². The summed E-state index contributed by atoms with van der Waals surface area (Å²) in [5.41, 5.74) is 0.214. The standard InChI is InChI=1S/C12H11NO5/c14-11(7-18-12(15)9-1-2-9)8-3-5-10(6-4-8)13(16)17/h3-6,9H,1-2,7H2. The highest BCUT2D eigenvalue weighted by Gasteiger charge is 2.31. The molecule has 6 heteroatoms. The highest BCUT2D eigenvalue weighted by atomic mass is 16.6. The van der Waals surface area contributed by atoms with E-state index in [1.807, 2.05) is 0 Å². The largest absolute Gasteiger partial charge is 0.457 e. The molecule has 0 N–H and O–H groups in total. The third kappa shape index (κ3) is 2.91. The molecule has 18 heavy (non-hydrogen) atoms. The number of ketones is 1. The van der Waals surface area contributed by atoms with Crippen molar-refractivity contribution < 1.29 is 19.2 Å². The molecule has 6 nitrogen and oxygen atoms in total. The van der Waals surface area contributed by atoms with Gasteiger partial charge in [0.25, 0.3) is 5.69 Å². The Labute approximate surface area is 103 Å². The molecular formula is C12H11NO5. The van der Waals surface area contributed by atoms with Gasteiger partial charge in [-0.25, -0.2) is 0 Å². The van der Waals surface area contributed by atoms with Crippen LogP contribution >= 0.6 is 0 Å². The van der Waals surface area contributed by atoms with Gasteiger partial charge in [0.1, 0.15) is 0 Å². The predicted molar refractivity (Wildman–Crippen MR) is 61.1 cm³/mol. The number of nitrogens with zero attached hydrogens (tertiary/aromatic N) is 1. The van der Waals surface area contributed by atoms with E-state index in [2.05, 4.69) is 0 Å². The average Bonchev–Trinajstić information content (AvgIpc) is 3.20. The van der Waals surface area contributed by atoms with Gasteiger partial charge in [0.15, 0.2) is 12.4 Å². The van der Waals surface area contributed by atoms with Gasteiger partial charge in [0.05, 0.1) is 10.8 Å². The molecule has 1 saturated carbocycles. The summed E-state index contributed by atoms with van der Waals surface area (Å²) in [6.07, 6.45) is 1.65. The summed E-state index contributed by atoms with van der Waals surface area (Å²) >= 11 is 0. The molecule has 0 amide bonds. The van der Waals surface area contributed by atoms with E-state index in [1.54, 1.807) is 0 Å². The molecule has 0 unspecified atom stereocenters. The van der Waals surface area contributed by atoms with Gasteiger partial charge in [-0.2, -0.15) is 0 Å². The molecular weight excluding hydrogens is 238 g/mol. The van der Waals surface area contributed by atoms with Gasteiger partial charge in [0, 0.05) is 17.7 Å². The minimum Gasteiger partial charge on any atom is -0.457 e. The number of nitro groups is 1. The Bertz CT molecular complexity index is 490. The second kappa shape index (κ2) is 4.95. The van der Waals surface area contributed by atoms with Crippen LogP contribution in [0.3, 0.4) is 0 Å². The van der Waals surface area contributed by atoms with Crippen LogP contribution in [0.4, 0.5) is 5.69 Å². The molecule has 1 aromatic rings. The molecule has 1 aliphatic carbocycles. The number of ether oxygens (including phenoxy) is 1. The molecule has 0 aliphatic heterocycles. The molecule has 0 saturated heterocycles. The smallest absolute Gasteiger partial charge is 0.309 e. The summed E-state index contributed by atoms with van der Waals surface area (Å²) < 4.78 is 4.84. The van der Waals surface area contributed by atoms with Crippen LogP contribution in [0.1, 0.15) is 23.2 Å². The molecule has 0 bridgehead atoms. The lowest BCUT2D eigenvalue weighted by Gasteiger charge is -2.03. The van der Waals surface area contributed by atoms with Crippen LogP contribution in [0.5, 0.6) is 0 Å². The van der Waals surface area contributed by atoms with Crippen LogP contribution in [0.15, 0.2) is 24.3 Å². The number of Topliss-reactive ketones (excluding diaryl/α,β-unsaturated/α-hetero) is 1. The Morgan fingerprint density at radius 3 is 2.39 bits per heavy atom. The molecule has 0 atom stereocenters. The molecule has 2 rings (SSSR count). The van der Waals surface area contributed by atoms with Gasteiger partial charge in [0.2, 0.25) is 0 Å². The van der Waals surface area contributed by atoms with Crippen LogP contribution < -0.4 is 0 Å². The second-order valence-corrected chi connectivity index (χ2v) is 4.11. The summed E-state index contributed by atoms with van der Waals surface area (Å²) in [5, 5.41) is 10.4. The Morgan fingerprint density at radius 2 is 1.89 bits per heavy atom. The van der Waals surface area contributed by atoms with Crippen molar-refractivity contribution in [3.8, 4) is 0 Å². The first-order chi connectivity index (χ1) is 8.58. The number of carbonyl (C=O) groups excluding carboxylic acids is 2. The quantitative estimate of drug-likeness (QED) is 0.343. The van der Waals surface area contributed by atoms with Gasteiger partial charge in [-0.05, 0) is 25.0 Å². The van der Waals surface area contributed by atoms with Gasteiger partial charge in [-0.3, -0.25) is 19.7 Å². The third-order valence-electron chi connectivity index (χ3n) is 2.66. The third-order valence-corrected chi connectivity index (χ3v) is 2.66. The molecule has 1 aromatic carbocycles. The normalized spacial score (nSPS) is 14.0. The lowest BCUT2D eigenvalue weighted by Crippen LogP contribution is -2.15. The maximum absolute atomic E-state index is 11.6. The van der Waals surface area contributed by atoms with Crippen molar-refractivity contribution in [2.45, 2.75) is 12.8 Å². The van der Waals surface area contributed by atoms with Crippen molar-refractivity contribution in [3.63, 3.8) is 0 Å². The molecule has 0 spiro atoms. The number of nitro benzene ring substituents is 1. The Morgan fingerprint density at radius 1 is 1.28 bits per heavy atom. The van der Waals surface area contributed by atoms with Crippen LogP contribution in [0.2, 0.25) is 0 Å². The number of esters is 1. The molecule has 94 valence electrons. The SMILES string of the molecule is O=C(COC(=O)C1CC1)c1ccc([N+](=O)[O-])cc1. The minimum atomic E-state index is -0.540. The van der Waals surface area contributed by atoms with Crippen molar-refractivity contribution in [1.82, 2.24) is 0 Å². The number of non-ortho nitro benzene ring substituents is 1. The minimum absolute atomic E-state index is 0.0466.